The number of amides is 1. The van der Waals surface area contributed by atoms with Gasteiger partial charge in [-0.25, -0.2) is 0 Å². The van der Waals surface area contributed by atoms with Gasteiger partial charge in [-0.05, 0) is 37.3 Å². The molecule has 1 aliphatic heterocycles. The number of nitrogens with zero attached hydrogens (tertiary/aromatic N) is 1. The smallest absolute Gasteiger partial charge is 0.234 e. The van der Waals surface area contributed by atoms with E-state index in [1.54, 1.807) is 18.4 Å². The van der Waals surface area contributed by atoms with Crippen LogP contribution in [0.2, 0.25) is 0 Å². The monoisotopic (exact) mass is 388 g/mol. The van der Waals surface area contributed by atoms with Gasteiger partial charge in [-0.15, -0.1) is 11.3 Å². The van der Waals surface area contributed by atoms with Crippen LogP contribution in [-0.2, 0) is 16.1 Å². The summed E-state index contributed by atoms with van der Waals surface area (Å²) in [5.41, 5.74) is 0.984. The third-order valence-electron chi connectivity index (χ3n) is 4.80. The van der Waals surface area contributed by atoms with Gasteiger partial charge in [0.2, 0.25) is 5.91 Å². The molecule has 1 amide bonds. The Morgan fingerprint density at radius 1 is 1.37 bits per heavy atom. The molecule has 0 radical (unpaired) electrons. The fourth-order valence-electron chi connectivity index (χ4n) is 3.48. The van der Waals surface area contributed by atoms with E-state index in [4.69, 9.17) is 9.47 Å². The Morgan fingerprint density at radius 2 is 2.22 bits per heavy atom. The van der Waals surface area contributed by atoms with Crippen molar-refractivity contribution in [1.29, 1.82) is 0 Å². The van der Waals surface area contributed by atoms with Gasteiger partial charge in [0.05, 0.1) is 25.8 Å². The number of carbonyl (C=O) groups excluding carboxylic acids is 1. The minimum atomic E-state index is -0.111. The van der Waals surface area contributed by atoms with Crippen molar-refractivity contribution in [3.63, 3.8) is 0 Å². The third-order valence-corrected chi connectivity index (χ3v) is 5.66. The largest absolute Gasteiger partial charge is 0.496 e. The topological polar surface area (TPSA) is 50.8 Å². The van der Waals surface area contributed by atoms with Crippen LogP contribution in [0.5, 0.6) is 5.75 Å². The summed E-state index contributed by atoms with van der Waals surface area (Å²) in [5.74, 6) is 0.808. The van der Waals surface area contributed by atoms with Gasteiger partial charge in [-0.2, -0.15) is 0 Å². The minimum absolute atomic E-state index is 0.0166. The lowest BCUT2D eigenvalue weighted by atomic mass is 10.1. The first kappa shape index (κ1) is 19.9. The van der Waals surface area contributed by atoms with Gasteiger partial charge in [0, 0.05) is 30.1 Å². The van der Waals surface area contributed by atoms with E-state index in [0.29, 0.717) is 6.54 Å². The van der Waals surface area contributed by atoms with Crippen molar-refractivity contribution in [3.8, 4) is 5.75 Å². The Kier molecular flexibility index (Phi) is 7.26. The predicted molar refractivity (Wildman–Crippen MR) is 108 cm³/mol. The van der Waals surface area contributed by atoms with E-state index in [2.05, 4.69) is 21.7 Å². The summed E-state index contributed by atoms with van der Waals surface area (Å²) in [6, 6.07) is 11.8. The van der Waals surface area contributed by atoms with Crippen LogP contribution in [0.1, 0.15) is 36.2 Å². The van der Waals surface area contributed by atoms with Gasteiger partial charge in [-0.3, -0.25) is 9.69 Å². The van der Waals surface area contributed by atoms with Gasteiger partial charge < -0.3 is 14.8 Å². The Morgan fingerprint density at radius 3 is 2.93 bits per heavy atom. The fourth-order valence-corrected chi connectivity index (χ4v) is 4.22. The zero-order chi connectivity index (χ0) is 19.1. The number of para-hydroxylation sites is 1. The highest BCUT2D eigenvalue weighted by Gasteiger charge is 2.22. The van der Waals surface area contributed by atoms with Crippen molar-refractivity contribution in [1.82, 2.24) is 10.2 Å². The minimum Gasteiger partial charge on any atom is -0.496 e. The second kappa shape index (κ2) is 9.88. The zero-order valence-electron chi connectivity index (χ0n) is 16.0. The van der Waals surface area contributed by atoms with Crippen LogP contribution in [0.15, 0.2) is 41.8 Å². The van der Waals surface area contributed by atoms with E-state index in [9.17, 15) is 4.79 Å². The molecule has 1 saturated heterocycles. The molecular formula is C21H28N2O3S. The molecule has 1 aromatic heterocycles. The van der Waals surface area contributed by atoms with Crippen molar-refractivity contribution < 1.29 is 14.3 Å². The molecule has 1 aromatic carbocycles. The molecule has 2 aromatic rings. The van der Waals surface area contributed by atoms with Crippen LogP contribution in [-0.4, -0.2) is 43.7 Å². The molecule has 1 aliphatic rings. The maximum atomic E-state index is 12.7. The number of nitrogens with one attached hydrogen (secondary N) is 1. The molecule has 146 valence electrons. The average molecular weight is 389 g/mol. The highest BCUT2D eigenvalue weighted by Crippen LogP contribution is 2.24. The molecule has 27 heavy (non-hydrogen) atoms. The maximum absolute atomic E-state index is 12.7. The quantitative estimate of drug-likeness (QED) is 0.713. The van der Waals surface area contributed by atoms with E-state index in [1.807, 2.05) is 37.3 Å². The Bertz CT molecular complexity index is 714. The number of ether oxygens (including phenoxy) is 2. The molecule has 5 nitrogen and oxygen atoms in total. The molecule has 6 heteroatoms. The van der Waals surface area contributed by atoms with Gasteiger partial charge in [0.25, 0.3) is 0 Å². The summed E-state index contributed by atoms with van der Waals surface area (Å²) in [7, 11) is 1.65. The molecule has 2 atom stereocenters. The number of methoxy groups -OCH3 is 1. The van der Waals surface area contributed by atoms with Gasteiger partial charge in [-0.1, -0.05) is 24.3 Å². The average Bonchev–Trinajstić information content (AvgIpc) is 3.35. The van der Waals surface area contributed by atoms with E-state index in [1.165, 1.54) is 4.88 Å². The molecule has 0 bridgehead atoms. The first-order chi connectivity index (χ1) is 13.2. The maximum Gasteiger partial charge on any atom is 0.234 e. The van der Waals surface area contributed by atoms with Crippen molar-refractivity contribution in [2.24, 2.45) is 0 Å². The van der Waals surface area contributed by atoms with Crippen LogP contribution in [0.4, 0.5) is 0 Å². The fraction of sp³-hybridized carbons (Fsp3) is 0.476. The van der Waals surface area contributed by atoms with Crippen LogP contribution >= 0.6 is 11.3 Å². The van der Waals surface area contributed by atoms with Crippen LogP contribution < -0.4 is 10.1 Å². The molecule has 2 unspecified atom stereocenters. The highest BCUT2D eigenvalue weighted by molar-refractivity contribution is 7.09. The van der Waals surface area contributed by atoms with Crippen molar-refractivity contribution in [3.05, 3.63) is 52.2 Å². The van der Waals surface area contributed by atoms with E-state index in [0.717, 1.165) is 43.9 Å². The Balaban J connectivity index is 1.60. The molecule has 0 saturated carbocycles. The van der Waals surface area contributed by atoms with Crippen LogP contribution in [0.25, 0.3) is 0 Å². The number of benzene rings is 1. The van der Waals surface area contributed by atoms with Gasteiger partial charge in [0.15, 0.2) is 0 Å². The molecule has 3 rings (SSSR count). The molecule has 1 fully saturated rings. The second-order valence-corrected chi connectivity index (χ2v) is 7.95. The number of hydrogen-bond donors (Lipinski definition) is 1. The van der Waals surface area contributed by atoms with Gasteiger partial charge in [0.1, 0.15) is 5.75 Å². The zero-order valence-corrected chi connectivity index (χ0v) is 16.8. The molecule has 2 heterocycles. The summed E-state index contributed by atoms with van der Waals surface area (Å²) in [6.45, 7) is 4.73. The third kappa shape index (κ3) is 5.79. The second-order valence-electron chi connectivity index (χ2n) is 6.92. The van der Waals surface area contributed by atoms with E-state index < -0.39 is 0 Å². The summed E-state index contributed by atoms with van der Waals surface area (Å²) in [4.78, 5) is 16.2. The number of carbonyl (C=O) groups is 1. The SMILES string of the molecule is COc1ccccc1C(C)NC(=O)CN(Cc1cccs1)CC1CCCO1. The molecule has 0 aliphatic carbocycles. The van der Waals surface area contributed by atoms with Crippen molar-refractivity contribution >= 4 is 17.2 Å². The summed E-state index contributed by atoms with van der Waals surface area (Å²) < 4.78 is 11.2. The molecular weight excluding hydrogens is 360 g/mol. The standard InChI is InChI=1S/C21H28N2O3S/c1-16(19-9-3-4-10-20(19)25-2)22-21(24)15-23(13-17-7-5-11-26-17)14-18-8-6-12-27-18/h3-4,6,8-10,12,16-17H,5,7,11,13-15H2,1-2H3,(H,22,24). The molecule has 0 spiro atoms. The summed E-state index contributed by atoms with van der Waals surface area (Å²) in [5, 5.41) is 5.18. The lowest BCUT2D eigenvalue weighted by Gasteiger charge is -2.25. The Labute approximate surface area is 165 Å². The number of thiophene rings is 1. The Hall–Kier alpha value is -1.89. The lowest BCUT2D eigenvalue weighted by Crippen LogP contribution is -2.41. The summed E-state index contributed by atoms with van der Waals surface area (Å²) >= 11 is 1.72. The van der Waals surface area contributed by atoms with Crippen LogP contribution in [0.3, 0.4) is 0 Å². The van der Waals surface area contributed by atoms with Crippen molar-refractivity contribution in [2.45, 2.75) is 38.5 Å². The normalized spacial score (nSPS) is 17.8. The first-order valence-electron chi connectivity index (χ1n) is 9.44. The summed E-state index contributed by atoms with van der Waals surface area (Å²) in [6.07, 6.45) is 2.40. The van der Waals surface area contributed by atoms with E-state index in [-0.39, 0.29) is 18.1 Å². The lowest BCUT2D eigenvalue weighted by molar-refractivity contribution is -0.123. The predicted octanol–water partition coefficient (Wildman–Crippen LogP) is 3.62. The van der Waals surface area contributed by atoms with Crippen molar-refractivity contribution in [2.75, 3.05) is 26.8 Å². The molecule has 1 N–H and O–H groups in total. The van der Waals surface area contributed by atoms with Gasteiger partial charge >= 0.3 is 0 Å². The first-order valence-corrected chi connectivity index (χ1v) is 10.3. The number of hydrogen-bond acceptors (Lipinski definition) is 5. The highest BCUT2D eigenvalue weighted by atomic mass is 32.1. The van der Waals surface area contributed by atoms with E-state index >= 15 is 0 Å². The van der Waals surface area contributed by atoms with Crippen LogP contribution in [0, 0.1) is 0 Å². The number of rotatable bonds is 9.